The highest BCUT2D eigenvalue weighted by molar-refractivity contribution is 6.02. The van der Waals surface area contributed by atoms with Gasteiger partial charge in [-0.05, 0) is 99.1 Å². The van der Waals surface area contributed by atoms with E-state index in [4.69, 9.17) is 0 Å². The summed E-state index contributed by atoms with van der Waals surface area (Å²) in [4.78, 5) is 38.8. The number of amides is 1. The van der Waals surface area contributed by atoms with E-state index in [-0.39, 0.29) is 17.5 Å². The average Bonchev–Trinajstić information content (AvgIpc) is 3.80. The highest BCUT2D eigenvalue weighted by Crippen LogP contribution is 2.38. The van der Waals surface area contributed by atoms with Crippen LogP contribution in [0, 0.1) is 0 Å². The molecule has 2 aromatic heterocycles. The lowest BCUT2D eigenvalue weighted by atomic mass is 9.93. The predicted octanol–water partition coefficient (Wildman–Crippen LogP) is 5.49. The van der Waals surface area contributed by atoms with Gasteiger partial charge in [0.1, 0.15) is 17.1 Å². The number of ketones is 2. The highest BCUT2D eigenvalue weighted by Gasteiger charge is 2.42. The summed E-state index contributed by atoms with van der Waals surface area (Å²) in [5.41, 5.74) is 6.54. The Labute approximate surface area is 282 Å². The largest absolute Gasteiger partial charge is 0.379 e. The van der Waals surface area contributed by atoms with Gasteiger partial charge in [0.25, 0.3) is 5.91 Å². The minimum atomic E-state index is -0.905. The number of nitrogens with zero attached hydrogens (tertiary/aromatic N) is 7. The molecule has 2 N–H and O–H groups in total. The van der Waals surface area contributed by atoms with Gasteiger partial charge in [-0.15, -0.1) is 10.2 Å². The van der Waals surface area contributed by atoms with E-state index in [1.807, 2.05) is 92.1 Å². The molecule has 0 saturated carbocycles. The Morgan fingerprint density at radius 3 is 1.88 bits per heavy atom. The molecule has 0 bridgehead atoms. The van der Waals surface area contributed by atoms with E-state index < -0.39 is 5.66 Å². The summed E-state index contributed by atoms with van der Waals surface area (Å²) in [7, 11) is 0. The number of anilines is 2. The van der Waals surface area contributed by atoms with Gasteiger partial charge >= 0.3 is 0 Å². The van der Waals surface area contributed by atoms with Crippen LogP contribution in [0.25, 0.3) is 11.4 Å². The van der Waals surface area contributed by atoms with Crippen LogP contribution in [-0.2, 0) is 18.8 Å². The number of hydrogen-bond acceptors (Lipinski definition) is 9. The second-order valence-corrected chi connectivity index (χ2v) is 12.1. The van der Waals surface area contributed by atoms with Crippen molar-refractivity contribution in [3.63, 3.8) is 0 Å². The molecule has 1 aliphatic rings. The van der Waals surface area contributed by atoms with Gasteiger partial charge in [0.05, 0.1) is 48.1 Å². The van der Waals surface area contributed by atoms with Crippen LogP contribution in [0.4, 0.5) is 11.4 Å². The van der Waals surface area contributed by atoms with Crippen molar-refractivity contribution >= 4 is 28.8 Å². The van der Waals surface area contributed by atoms with Crippen molar-refractivity contribution in [2.75, 3.05) is 10.2 Å². The number of fused-ring (bicyclic) bond motifs is 1. The third kappa shape index (κ3) is 6.19. The van der Waals surface area contributed by atoms with Gasteiger partial charge in [0.15, 0.2) is 11.6 Å². The molecule has 1 unspecified atom stereocenters. The van der Waals surface area contributed by atoms with Crippen molar-refractivity contribution in [1.29, 1.82) is 0 Å². The monoisotopic (exact) mass is 651 g/mol. The van der Waals surface area contributed by atoms with Gasteiger partial charge in [0, 0.05) is 16.8 Å². The van der Waals surface area contributed by atoms with Crippen LogP contribution < -0.4 is 15.5 Å². The lowest BCUT2D eigenvalue weighted by Crippen LogP contribution is -2.59. The van der Waals surface area contributed by atoms with Crippen LogP contribution in [0.1, 0.15) is 68.8 Å². The predicted molar refractivity (Wildman–Crippen MR) is 184 cm³/mol. The van der Waals surface area contributed by atoms with E-state index in [1.54, 1.807) is 33.6 Å². The van der Waals surface area contributed by atoms with Gasteiger partial charge in [0.2, 0.25) is 0 Å². The molecule has 49 heavy (non-hydrogen) atoms. The summed E-state index contributed by atoms with van der Waals surface area (Å²) in [6.45, 7) is 5.87. The molecule has 4 aromatic carbocycles. The first-order chi connectivity index (χ1) is 23.7. The van der Waals surface area contributed by atoms with Crippen LogP contribution in [-0.4, -0.2) is 47.5 Å². The Morgan fingerprint density at radius 1 is 0.735 bits per heavy atom. The van der Waals surface area contributed by atoms with E-state index in [2.05, 4.69) is 36.2 Å². The lowest BCUT2D eigenvalue weighted by molar-refractivity contribution is 0.0884. The van der Waals surface area contributed by atoms with Crippen LogP contribution in [0.15, 0.2) is 109 Å². The summed E-state index contributed by atoms with van der Waals surface area (Å²) in [5.74, 6) is -0.151. The Morgan fingerprint density at radius 2 is 1.29 bits per heavy atom. The van der Waals surface area contributed by atoms with Crippen LogP contribution in [0.2, 0.25) is 0 Å². The van der Waals surface area contributed by atoms with Crippen LogP contribution in [0.3, 0.4) is 0 Å². The smallest absolute Gasteiger partial charge is 0.255 e. The third-order valence-electron chi connectivity index (χ3n) is 8.74. The third-order valence-corrected chi connectivity index (χ3v) is 8.74. The molecule has 0 saturated heterocycles. The number of carbonyl (C=O) groups is 3. The van der Waals surface area contributed by atoms with Crippen molar-refractivity contribution in [3.05, 3.63) is 143 Å². The normalized spacial score (nSPS) is 15.4. The molecule has 0 spiro atoms. The van der Waals surface area contributed by atoms with Gasteiger partial charge in [-0.2, -0.15) is 0 Å². The van der Waals surface area contributed by atoms with E-state index >= 15 is 0 Å². The second kappa shape index (κ2) is 12.6. The minimum absolute atomic E-state index is 0.000781. The fraction of sp³-hybridized carbons (Fsp3) is 0.162. The Kier molecular flexibility index (Phi) is 8.04. The number of rotatable bonds is 10. The summed E-state index contributed by atoms with van der Waals surface area (Å²) in [5, 5.41) is 23.9. The number of Topliss-reactive ketones (excluding diaryl/α,β-unsaturated/α-hetero) is 2. The topological polar surface area (TPSA) is 140 Å². The van der Waals surface area contributed by atoms with Gasteiger partial charge < -0.3 is 15.5 Å². The van der Waals surface area contributed by atoms with Crippen molar-refractivity contribution in [1.82, 2.24) is 35.3 Å². The zero-order chi connectivity index (χ0) is 34.1. The molecular weight excluding hydrogens is 618 g/mol. The van der Waals surface area contributed by atoms with Crippen molar-refractivity contribution in [2.45, 2.75) is 39.5 Å². The maximum atomic E-state index is 13.4. The van der Waals surface area contributed by atoms with Gasteiger partial charge in [-0.3, -0.25) is 14.4 Å². The summed E-state index contributed by atoms with van der Waals surface area (Å²) >= 11 is 0. The van der Waals surface area contributed by atoms with Crippen molar-refractivity contribution in [3.8, 4) is 11.4 Å². The Bertz CT molecular complexity index is 2170. The zero-order valence-electron chi connectivity index (χ0n) is 27.2. The van der Waals surface area contributed by atoms with Gasteiger partial charge in [-0.1, -0.05) is 34.7 Å². The number of aromatic nitrogens is 6. The fourth-order valence-corrected chi connectivity index (χ4v) is 5.94. The van der Waals surface area contributed by atoms with E-state index in [1.165, 1.54) is 13.8 Å². The number of carbonyl (C=O) groups excluding carboxylic acids is 3. The molecule has 0 radical (unpaired) electrons. The number of hydrogen-bond donors (Lipinski definition) is 2. The second-order valence-electron chi connectivity index (χ2n) is 12.1. The maximum Gasteiger partial charge on any atom is 0.255 e. The summed E-state index contributed by atoms with van der Waals surface area (Å²) < 4.78 is 3.35. The number of para-hydroxylation sites is 1. The summed E-state index contributed by atoms with van der Waals surface area (Å²) in [6, 6.07) is 29.9. The molecule has 0 aliphatic carbocycles. The Hall–Kier alpha value is -6.43. The van der Waals surface area contributed by atoms with E-state index in [0.29, 0.717) is 35.5 Å². The molecular formula is C37H33N9O3. The first kappa shape index (κ1) is 31.2. The molecule has 1 amide bonds. The average molecular weight is 652 g/mol. The SMILES string of the molecule is CC(=O)c1ccc(-n2cc(CNc3ccc(C4(C)NC(=O)c5ccccc5N4Cc4cn(-c5ccc(C(C)=O)cc5)nn4)cc3)nn2)cc1. The van der Waals surface area contributed by atoms with E-state index in [9.17, 15) is 14.4 Å². The molecule has 12 heteroatoms. The first-order valence-electron chi connectivity index (χ1n) is 15.8. The molecule has 0 fully saturated rings. The molecule has 12 nitrogen and oxygen atoms in total. The van der Waals surface area contributed by atoms with Gasteiger partial charge in [-0.25, -0.2) is 9.36 Å². The number of benzene rings is 4. The fourth-order valence-electron chi connectivity index (χ4n) is 5.94. The zero-order valence-corrected chi connectivity index (χ0v) is 27.2. The molecule has 1 atom stereocenters. The molecule has 1 aliphatic heterocycles. The van der Waals surface area contributed by atoms with Crippen LogP contribution >= 0.6 is 0 Å². The lowest BCUT2D eigenvalue weighted by Gasteiger charge is -2.47. The maximum absolute atomic E-state index is 13.4. The molecule has 6 aromatic rings. The van der Waals surface area contributed by atoms with E-state index in [0.717, 1.165) is 34.0 Å². The molecule has 3 heterocycles. The summed E-state index contributed by atoms with van der Waals surface area (Å²) in [6.07, 6.45) is 3.70. The van der Waals surface area contributed by atoms with Crippen molar-refractivity contribution < 1.29 is 14.4 Å². The minimum Gasteiger partial charge on any atom is -0.379 e. The first-order valence-corrected chi connectivity index (χ1v) is 15.8. The molecule has 7 rings (SSSR count). The number of nitrogens with one attached hydrogen (secondary N) is 2. The molecule has 244 valence electrons. The Balaban J connectivity index is 1.10. The quantitative estimate of drug-likeness (QED) is 0.184. The van der Waals surface area contributed by atoms with Crippen molar-refractivity contribution in [2.24, 2.45) is 0 Å². The van der Waals surface area contributed by atoms with Crippen LogP contribution in [0.5, 0.6) is 0 Å². The highest BCUT2D eigenvalue weighted by atomic mass is 16.2. The standard InChI is InChI=1S/C37H33N9O3/c1-24(47)26-8-16-32(17-9-26)45-22-30(40-42-45)20-38-29-14-12-28(13-15-29)37(3)39-36(49)34-6-4-5-7-35(34)44(37)21-31-23-46(43-41-31)33-18-10-27(11-19-33)25(2)48/h4-19,22-23,38H,20-21H2,1-3H3,(H,39,49).